The number of sulfonamides is 1. The number of carbonyl (C=O) groups is 1. The van der Waals surface area contributed by atoms with Crippen molar-refractivity contribution in [1.82, 2.24) is 4.31 Å². The minimum Gasteiger partial charge on any atom is -0.423 e. The number of esters is 1. The molecule has 0 amide bonds. The second-order valence-electron chi connectivity index (χ2n) is 5.79. The van der Waals surface area contributed by atoms with Gasteiger partial charge in [-0.15, -0.1) is 0 Å². The molecule has 0 aliphatic carbocycles. The summed E-state index contributed by atoms with van der Waals surface area (Å²) in [5.74, 6) is -0.150. The lowest BCUT2D eigenvalue weighted by Crippen LogP contribution is -2.40. The van der Waals surface area contributed by atoms with Crippen LogP contribution in [0.1, 0.15) is 5.56 Å². The normalized spacial score (nSPS) is 15.7. The van der Waals surface area contributed by atoms with E-state index in [-0.39, 0.29) is 4.90 Å². The summed E-state index contributed by atoms with van der Waals surface area (Å²) in [6.07, 6.45) is 2.84. The van der Waals surface area contributed by atoms with Crippen molar-refractivity contribution in [3.63, 3.8) is 0 Å². The smallest absolute Gasteiger partial charge is 0.336 e. The molecule has 1 saturated heterocycles. The molecule has 1 aliphatic rings. The average molecular weight is 408 g/mol. The van der Waals surface area contributed by atoms with Gasteiger partial charge in [-0.1, -0.05) is 23.7 Å². The summed E-state index contributed by atoms with van der Waals surface area (Å²) in [4.78, 5) is 12.1. The molecule has 8 heteroatoms. The monoisotopic (exact) mass is 407 g/mol. The van der Waals surface area contributed by atoms with Crippen LogP contribution in [0.2, 0.25) is 5.02 Å². The van der Waals surface area contributed by atoms with Crippen molar-refractivity contribution in [3.8, 4) is 5.75 Å². The summed E-state index contributed by atoms with van der Waals surface area (Å²) in [7, 11) is -3.53. The fourth-order valence-electron chi connectivity index (χ4n) is 2.50. The first-order valence-electron chi connectivity index (χ1n) is 8.28. The van der Waals surface area contributed by atoms with Gasteiger partial charge in [-0.2, -0.15) is 4.31 Å². The van der Waals surface area contributed by atoms with Gasteiger partial charge in [-0.3, -0.25) is 0 Å². The summed E-state index contributed by atoms with van der Waals surface area (Å²) in [6, 6.07) is 12.8. The molecule has 0 N–H and O–H groups in total. The minimum absolute atomic E-state index is 0.213. The third-order valence-corrected chi connectivity index (χ3v) is 6.10. The molecule has 3 rings (SSSR count). The van der Waals surface area contributed by atoms with E-state index in [1.807, 2.05) is 0 Å². The second kappa shape index (κ2) is 8.67. The van der Waals surface area contributed by atoms with Crippen LogP contribution < -0.4 is 4.74 Å². The van der Waals surface area contributed by atoms with Crippen LogP contribution in [0.4, 0.5) is 0 Å². The van der Waals surface area contributed by atoms with Crippen molar-refractivity contribution in [3.05, 3.63) is 65.2 Å². The zero-order valence-electron chi connectivity index (χ0n) is 14.4. The van der Waals surface area contributed by atoms with Gasteiger partial charge in [0.1, 0.15) is 5.75 Å². The number of nitrogens with zero attached hydrogens (tertiary/aromatic N) is 1. The molecule has 1 heterocycles. The maximum Gasteiger partial charge on any atom is 0.336 e. The first-order chi connectivity index (χ1) is 12.9. The van der Waals surface area contributed by atoms with Crippen LogP contribution in [-0.4, -0.2) is 45.0 Å². The number of morpholine rings is 1. The highest BCUT2D eigenvalue weighted by Crippen LogP contribution is 2.19. The Labute approximate surface area is 163 Å². The minimum atomic E-state index is -3.53. The van der Waals surface area contributed by atoms with Crippen molar-refractivity contribution in [2.24, 2.45) is 0 Å². The van der Waals surface area contributed by atoms with E-state index in [0.29, 0.717) is 42.6 Å². The number of ether oxygens (including phenoxy) is 2. The molecule has 1 fully saturated rings. The van der Waals surface area contributed by atoms with E-state index in [4.69, 9.17) is 21.1 Å². The van der Waals surface area contributed by atoms with Crippen molar-refractivity contribution >= 4 is 33.7 Å². The number of halogens is 1. The zero-order chi connectivity index (χ0) is 19.3. The molecule has 2 aromatic rings. The van der Waals surface area contributed by atoms with Gasteiger partial charge in [-0.25, -0.2) is 13.2 Å². The summed E-state index contributed by atoms with van der Waals surface area (Å²) in [5.41, 5.74) is 0.684. The van der Waals surface area contributed by atoms with E-state index < -0.39 is 16.0 Å². The summed E-state index contributed by atoms with van der Waals surface area (Å²) in [5, 5.41) is 0.553. The van der Waals surface area contributed by atoms with E-state index >= 15 is 0 Å². The van der Waals surface area contributed by atoms with Gasteiger partial charge in [0.05, 0.1) is 18.1 Å². The van der Waals surface area contributed by atoms with E-state index in [1.165, 1.54) is 22.5 Å². The maximum absolute atomic E-state index is 12.6. The molecule has 0 spiro atoms. The first kappa shape index (κ1) is 19.6. The van der Waals surface area contributed by atoms with Crippen LogP contribution in [0.15, 0.2) is 59.5 Å². The predicted octanol–water partition coefficient (Wildman–Crippen LogP) is 2.98. The zero-order valence-corrected chi connectivity index (χ0v) is 15.9. The lowest BCUT2D eigenvalue weighted by atomic mass is 10.2. The summed E-state index contributed by atoms with van der Waals surface area (Å²) in [6.45, 7) is 1.49. The van der Waals surface area contributed by atoms with Crippen molar-refractivity contribution < 1.29 is 22.7 Å². The average Bonchev–Trinajstić information content (AvgIpc) is 2.69. The first-order valence-corrected chi connectivity index (χ1v) is 10.1. The van der Waals surface area contributed by atoms with Gasteiger partial charge in [0, 0.05) is 24.2 Å². The Morgan fingerprint density at radius 3 is 2.30 bits per heavy atom. The SMILES string of the molecule is O=C(/C=C/c1ccc(S(=O)(=O)N2CCOCC2)cc1)Oc1ccc(Cl)cc1. The quantitative estimate of drug-likeness (QED) is 0.433. The summed E-state index contributed by atoms with van der Waals surface area (Å²) < 4.78 is 36.9. The van der Waals surface area contributed by atoms with Crippen LogP contribution >= 0.6 is 11.6 Å². The fraction of sp³-hybridized carbons (Fsp3) is 0.211. The van der Waals surface area contributed by atoms with Gasteiger partial charge in [0.15, 0.2) is 0 Å². The lowest BCUT2D eigenvalue weighted by Gasteiger charge is -2.26. The number of hydrogen-bond acceptors (Lipinski definition) is 5. The van der Waals surface area contributed by atoms with Gasteiger partial charge in [-0.05, 0) is 48.0 Å². The van der Waals surface area contributed by atoms with Crippen LogP contribution in [0.5, 0.6) is 5.75 Å². The molecule has 2 aromatic carbocycles. The fourth-order valence-corrected chi connectivity index (χ4v) is 4.04. The number of rotatable bonds is 5. The third kappa shape index (κ3) is 5.17. The number of hydrogen-bond donors (Lipinski definition) is 0. The molecular weight excluding hydrogens is 390 g/mol. The molecule has 0 bridgehead atoms. The van der Waals surface area contributed by atoms with Crippen LogP contribution in [0, 0.1) is 0 Å². The molecule has 0 aromatic heterocycles. The van der Waals surface area contributed by atoms with Crippen LogP contribution in [0.25, 0.3) is 6.08 Å². The van der Waals surface area contributed by atoms with E-state index in [2.05, 4.69) is 0 Å². The third-order valence-electron chi connectivity index (χ3n) is 3.93. The Bertz CT molecular complexity index is 918. The molecular formula is C19H18ClNO5S. The van der Waals surface area contributed by atoms with E-state index in [1.54, 1.807) is 42.5 Å². The Hall–Kier alpha value is -2.19. The van der Waals surface area contributed by atoms with Crippen molar-refractivity contribution in [1.29, 1.82) is 0 Å². The Kier molecular flexibility index (Phi) is 6.28. The van der Waals surface area contributed by atoms with Crippen LogP contribution in [-0.2, 0) is 19.6 Å². The van der Waals surface area contributed by atoms with Crippen molar-refractivity contribution in [2.75, 3.05) is 26.3 Å². The highest BCUT2D eigenvalue weighted by atomic mass is 35.5. The van der Waals surface area contributed by atoms with Gasteiger partial charge in [0.2, 0.25) is 10.0 Å². The Morgan fingerprint density at radius 1 is 1.04 bits per heavy atom. The second-order valence-corrected chi connectivity index (χ2v) is 8.17. The molecule has 0 saturated carbocycles. The lowest BCUT2D eigenvalue weighted by molar-refractivity contribution is -0.128. The number of carbonyl (C=O) groups excluding carboxylic acids is 1. The van der Waals surface area contributed by atoms with Crippen LogP contribution in [0.3, 0.4) is 0 Å². The Morgan fingerprint density at radius 2 is 1.67 bits per heavy atom. The standard InChI is InChI=1S/C19H18ClNO5S/c20-16-4-6-17(7-5-16)26-19(22)10-3-15-1-8-18(9-2-15)27(23,24)21-11-13-25-14-12-21/h1-10H,11-14H2/b10-3+. The molecule has 0 radical (unpaired) electrons. The highest BCUT2D eigenvalue weighted by molar-refractivity contribution is 7.89. The number of benzene rings is 2. The van der Waals surface area contributed by atoms with E-state index in [0.717, 1.165) is 0 Å². The molecule has 0 unspecified atom stereocenters. The largest absolute Gasteiger partial charge is 0.423 e. The van der Waals surface area contributed by atoms with Gasteiger partial charge in [0.25, 0.3) is 0 Å². The topological polar surface area (TPSA) is 72.9 Å². The van der Waals surface area contributed by atoms with E-state index in [9.17, 15) is 13.2 Å². The molecule has 0 atom stereocenters. The predicted molar refractivity (Wildman–Crippen MR) is 102 cm³/mol. The molecule has 27 heavy (non-hydrogen) atoms. The Balaban J connectivity index is 1.63. The van der Waals surface area contributed by atoms with Crippen molar-refractivity contribution in [2.45, 2.75) is 4.90 Å². The maximum atomic E-state index is 12.6. The summed E-state index contributed by atoms with van der Waals surface area (Å²) >= 11 is 5.78. The highest BCUT2D eigenvalue weighted by Gasteiger charge is 2.25. The molecule has 1 aliphatic heterocycles. The van der Waals surface area contributed by atoms with Gasteiger partial charge < -0.3 is 9.47 Å². The molecule has 142 valence electrons. The molecule has 6 nitrogen and oxygen atoms in total. The van der Waals surface area contributed by atoms with Gasteiger partial charge >= 0.3 is 5.97 Å².